The quantitative estimate of drug-likeness (QED) is 0.299. The van der Waals surface area contributed by atoms with Gasteiger partial charge in [-0.05, 0) is 17.7 Å². The number of likely N-dealkylation sites (N-methyl/N-ethyl adjacent to an activating group) is 1. The maximum Gasteiger partial charge on any atom is 0.459 e. The molecule has 1 rings (SSSR count). The third kappa shape index (κ3) is 6.43. The van der Waals surface area contributed by atoms with E-state index < -0.39 is 65.2 Å². The van der Waals surface area contributed by atoms with E-state index in [2.05, 4.69) is 5.32 Å². The predicted octanol–water partition coefficient (Wildman–Crippen LogP) is 5.06. The zero-order chi connectivity index (χ0) is 30.2. The molecule has 0 spiro atoms. The summed E-state index contributed by atoms with van der Waals surface area (Å²) in [6, 6.07) is 1.60. The van der Waals surface area contributed by atoms with Gasteiger partial charge in [-0.3, -0.25) is 4.79 Å². The van der Waals surface area contributed by atoms with Gasteiger partial charge in [-0.25, -0.2) is 4.79 Å². The van der Waals surface area contributed by atoms with Crippen LogP contribution in [-0.2, 0) is 11.2 Å². The molecule has 0 atom stereocenters. The number of carboxylic acids is 1. The number of carbonyl (C=O) groups is 2. The standard InChI is InChI=1S/C20H19F13N2O3/c1-35(2,10-13(36)37)8-7-34-14(38)12-5-3-11(4-6-12)9-15(18(25,26)27,19(28,29)30)16(21,22)17(23,24)20(31,32)33/h3-6H,7-10H2,1-2H3,(H-,34,36,37,38)/p+1. The molecule has 0 radical (unpaired) electrons. The van der Waals surface area contributed by atoms with Gasteiger partial charge in [-0.15, -0.1) is 0 Å². The van der Waals surface area contributed by atoms with Crippen molar-refractivity contribution in [2.24, 2.45) is 5.41 Å². The first kappa shape index (κ1) is 33.2. The molecule has 2 N–H and O–H groups in total. The molecule has 1 aromatic rings. The van der Waals surface area contributed by atoms with Crippen molar-refractivity contribution >= 4 is 11.9 Å². The minimum absolute atomic E-state index is 0.0539. The van der Waals surface area contributed by atoms with Gasteiger partial charge in [0, 0.05) is 12.0 Å². The number of amides is 1. The number of halogens is 13. The highest BCUT2D eigenvalue weighted by Crippen LogP contribution is 2.66. The van der Waals surface area contributed by atoms with Crippen LogP contribution < -0.4 is 5.32 Å². The summed E-state index contributed by atoms with van der Waals surface area (Å²) in [5.41, 5.74) is -8.70. The van der Waals surface area contributed by atoms with Crippen LogP contribution in [0.3, 0.4) is 0 Å². The second-order valence-electron chi connectivity index (χ2n) is 8.89. The molecule has 0 saturated carbocycles. The van der Waals surface area contributed by atoms with Crippen molar-refractivity contribution in [3.05, 3.63) is 35.4 Å². The fourth-order valence-corrected chi connectivity index (χ4v) is 3.37. The van der Waals surface area contributed by atoms with E-state index in [0.29, 0.717) is 12.1 Å². The lowest BCUT2D eigenvalue weighted by Gasteiger charge is -2.45. The van der Waals surface area contributed by atoms with Gasteiger partial charge in [-0.1, -0.05) is 12.1 Å². The normalized spacial score (nSPS) is 14.4. The van der Waals surface area contributed by atoms with Crippen molar-refractivity contribution in [3.63, 3.8) is 0 Å². The number of rotatable bonds is 10. The van der Waals surface area contributed by atoms with E-state index in [0.717, 1.165) is 0 Å². The largest absolute Gasteiger partial charge is 0.477 e. The Bertz CT molecular complexity index is 983. The highest BCUT2D eigenvalue weighted by atomic mass is 19.4. The Kier molecular flexibility index (Phi) is 9.10. The molecule has 1 aromatic carbocycles. The molecule has 0 bridgehead atoms. The molecule has 0 heterocycles. The Hall–Kier alpha value is -2.79. The van der Waals surface area contributed by atoms with Crippen molar-refractivity contribution in [2.45, 2.75) is 36.8 Å². The SMILES string of the molecule is C[N+](C)(CCNC(=O)c1ccc(CC(C(F)(F)F)(C(F)(F)F)C(F)(F)C(F)(F)C(F)(F)F)cc1)CC(=O)O. The van der Waals surface area contributed by atoms with Crippen LogP contribution in [0, 0.1) is 5.41 Å². The van der Waals surface area contributed by atoms with Gasteiger partial charge >= 0.3 is 36.3 Å². The molecular weight excluding hydrogens is 563 g/mol. The molecule has 0 aliphatic rings. The van der Waals surface area contributed by atoms with Crippen molar-refractivity contribution in [2.75, 3.05) is 33.7 Å². The first-order valence-corrected chi connectivity index (χ1v) is 10.1. The van der Waals surface area contributed by atoms with Crippen molar-refractivity contribution < 1.29 is 76.3 Å². The zero-order valence-electron chi connectivity index (χ0n) is 19.3. The van der Waals surface area contributed by atoms with Crippen LogP contribution in [0.5, 0.6) is 0 Å². The number of carbonyl (C=O) groups excluding carboxylic acids is 1. The van der Waals surface area contributed by atoms with Gasteiger partial charge in [0.1, 0.15) is 0 Å². The number of alkyl halides is 13. The number of nitrogens with one attached hydrogen (secondary N) is 1. The summed E-state index contributed by atoms with van der Waals surface area (Å²) in [6.07, 6.45) is -25.2. The first-order chi connectivity index (χ1) is 16.7. The summed E-state index contributed by atoms with van der Waals surface area (Å²) in [6.45, 7) is -0.452. The van der Waals surface area contributed by atoms with Crippen LogP contribution >= 0.6 is 0 Å². The maximum absolute atomic E-state index is 14.2. The highest BCUT2D eigenvalue weighted by Gasteiger charge is 2.91. The Balaban J connectivity index is 3.36. The number of hydrogen-bond acceptors (Lipinski definition) is 2. The monoisotopic (exact) mass is 583 g/mol. The van der Waals surface area contributed by atoms with E-state index in [4.69, 9.17) is 5.11 Å². The Morgan fingerprint density at radius 1 is 0.763 bits per heavy atom. The lowest BCUT2D eigenvalue weighted by Crippen LogP contribution is -2.71. The molecule has 1 amide bonds. The van der Waals surface area contributed by atoms with Gasteiger partial charge in [0.2, 0.25) is 5.41 Å². The summed E-state index contributed by atoms with van der Waals surface area (Å²) < 4.78 is 174. The van der Waals surface area contributed by atoms with Gasteiger partial charge in [-0.2, -0.15) is 57.1 Å². The van der Waals surface area contributed by atoms with E-state index in [9.17, 15) is 66.7 Å². The Morgan fingerprint density at radius 3 is 1.58 bits per heavy atom. The molecule has 0 aliphatic heterocycles. The van der Waals surface area contributed by atoms with Gasteiger partial charge < -0.3 is 14.9 Å². The van der Waals surface area contributed by atoms with E-state index in [1.807, 2.05) is 0 Å². The molecule has 5 nitrogen and oxygen atoms in total. The Morgan fingerprint density at radius 2 is 1.21 bits per heavy atom. The third-order valence-electron chi connectivity index (χ3n) is 5.51. The Labute approximate surface area is 205 Å². The summed E-state index contributed by atoms with van der Waals surface area (Å²) >= 11 is 0. The van der Waals surface area contributed by atoms with Crippen LogP contribution in [0.15, 0.2) is 24.3 Å². The van der Waals surface area contributed by atoms with Crippen LogP contribution in [0.1, 0.15) is 15.9 Å². The fourth-order valence-electron chi connectivity index (χ4n) is 3.37. The molecule has 218 valence electrons. The molecule has 38 heavy (non-hydrogen) atoms. The number of quaternary nitrogens is 1. The average molecular weight is 583 g/mol. The molecule has 0 aliphatic carbocycles. The second kappa shape index (κ2) is 10.4. The minimum Gasteiger partial charge on any atom is -0.477 e. The lowest BCUT2D eigenvalue weighted by molar-refractivity contribution is -0.881. The van der Waals surface area contributed by atoms with Crippen molar-refractivity contribution in [3.8, 4) is 0 Å². The topological polar surface area (TPSA) is 66.4 Å². The first-order valence-electron chi connectivity index (χ1n) is 10.1. The summed E-state index contributed by atoms with van der Waals surface area (Å²) in [5, 5.41) is 11.0. The smallest absolute Gasteiger partial charge is 0.459 e. The number of benzene rings is 1. The van der Waals surface area contributed by atoms with E-state index in [-0.39, 0.29) is 36.3 Å². The van der Waals surface area contributed by atoms with E-state index in [1.165, 1.54) is 14.1 Å². The van der Waals surface area contributed by atoms with Crippen molar-refractivity contribution in [1.82, 2.24) is 5.32 Å². The molecule has 0 fully saturated rings. The van der Waals surface area contributed by atoms with Crippen LogP contribution in [0.4, 0.5) is 57.1 Å². The van der Waals surface area contributed by atoms with Crippen LogP contribution in [0.25, 0.3) is 0 Å². The highest BCUT2D eigenvalue weighted by molar-refractivity contribution is 5.94. The van der Waals surface area contributed by atoms with Crippen molar-refractivity contribution in [1.29, 1.82) is 0 Å². The lowest BCUT2D eigenvalue weighted by atomic mass is 9.71. The van der Waals surface area contributed by atoms with E-state index >= 15 is 0 Å². The molecule has 0 aromatic heterocycles. The van der Waals surface area contributed by atoms with Crippen LogP contribution in [-0.4, -0.2) is 85.6 Å². The number of aliphatic carboxylic acids is 1. The molecule has 0 unspecified atom stereocenters. The van der Waals surface area contributed by atoms with Gasteiger partial charge in [0.25, 0.3) is 5.91 Å². The van der Waals surface area contributed by atoms with Gasteiger partial charge in [0.15, 0.2) is 6.54 Å². The van der Waals surface area contributed by atoms with E-state index in [1.54, 1.807) is 0 Å². The third-order valence-corrected chi connectivity index (χ3v) is 5.51. The summed E-state index contributed by atoms with van der Waals surface area (Å²) in [4.78, 5) is 22.9. The summed E-state index contributed by atoms with van der Waals surface area (Å²) in [5.74, 6) is -17.6. The number of carboxylic acid groups (broad SMARTS) is 1. The molecule has 18 heteroatoms. The van der Waals surface area contributed by atoms with Crippen LogP contribution in [0.2, 0.25) is 0 Å². The number of nitrogens with zero attached hydrogens (tertiary/aromatic N) is 1. The predicted molar refractivity (Wildman–Crippen MR) is 102 cm³/mol. The second-order valence-corrected chi connectivity index (χ2v) is 8.89. The zero-order valence-corrected chi connectivity index (χ0v) is 19.3. The molecular formula is C20H20F13N2O3+. The number of hydrogen-bond donors (Lipinski definition) is 2. The minimum atomic E-state index is -7.74. The maximum atomic E-state index is 14.2. The molecule has 0 saturated heterocycles. The summed E-state index contributed by atoms with van der Waals surface area (Å²) in [7, 11) is 2.97. The average Bonchev–Trinajstić information content (AvgIpc) is 2.68. The fraction of sp³-hybridized carbons (Fsp3) is 0.600. The van der Waals surface area contributed by atoms with Gasteiger partial charge in [0.05, 0.1) is 27.2 Å².